The van der Waals surface area contributed by atoms with E-state index in [0.717, 1.165) is 41.1 Å². The third kappa shape index (κ3) is 4.31. The number of fused-ring (bicyclic) bond motifs is 4. The standard InChI is InChI=1S/C32H37F2NO4S/c1-3-13-31(37)14-12-28-26-10-6-22-19-23(36)7-11-25(22)29(26)27(20-30(28,31)2)21-4-8-24(9-5-21)40(38,39)35-17-15-32(33,34)16-18-35/h4-5,8-9,19,26-28,37H,6-7,10-12,14-18,20H2,1-2H3/t26-,27+,28-,30-,31-/m0/s1. The van der Waals surface area contributed by atoms with Crippen molar-refractivity contribution in [1.29, 1.82) is 0 Å². The molecular formula is C32H37F2NO4S. The molecule has 1 aromatic carbocycles. The predicted molar refractivity (Wildman–Crippen MR) is 148 cm³/mol. The van der Waals surface area contributed by atoms with Gasteiger partial charge in [0.2, 0.25) is 10.0 Å². The molecule has 1 aliphatic heterocycles. The van der Waals surface area contributed by atoms with Gasteiger partial charge in [0.25, 0.3) is 5.92 Å². The summed E-state index contributed by atoms with van der Waals surface area (Å²) < 4.78 is 55.0. The van der Waals surface area contributed by atoms with E-state index in [1.165, 1.54) is 11.1 Å². The van der Waals surface area contributed by atoms with Gasteiger partial charge in [0.05, 0.1) is 4.90 Å². The van der Waals surface area contributed by atoms with Crippen molar-refractivity contribution in [2.45, 2.75) is 94.0 Å². The van der Waals surface area contributed by atoms with Crippen LogP contribution in [0.2, 0.25) is 0 Å². The van der Waals surface area contributed by atoms with Crippen LogP contribution >= 0.6 is 0 Å². The molecule has 3 fully saturated rings. The van der Waals surface area contributed by atoms with Crippen LogP contribution in [0.4, 0.5) is 8.78 Å². The molecule has 1 aromatic rings. The van der Waals surface area contributed by atoms with Gasteiger partial charge in [-0.05, 0) is 92.2 Å². The van der Waals surface area contributed by atoms with Crippen molar-refractivity contribution in [3.8, 4) is 11.8 Å². The van der Waals surface area contributed by atoms with E-state index in [1.807, 2.05) is 18.2 Å². The first kappa shape index (κ1) is 27.8. The van der Waals surface area contributed by atoms with Gasteiger partial charge in [-0.25, -0.2) is 17.2 Å². The molecule has 0 radical (unpaired) electrons. The van der Waals surface area contributed by atoms with Gasteiger partial charge in [-0.15, -0.1) is 5.92 Å². The maximum Gasteiger partial charge on any atom is 0.250 e. The summed E-state index contributed by atoms with van der Waals surface area (Å²) >= 11 is 0. The van der Waals surface area contributed by atoms with E-state index in [4.69, 9.17) is 0 Å². The number of hydrogen-bond acceptors (Lipinski definition) is 4. The maximum absolute atomic E-state index is 13.7. The Balaban J connectivity index is 1.40. The molecule has 0 bridgehead atoms. The molecule has 5 atom stereocenters. The van der Waals surface area contributed by atoms with Crippen LogP contribution in [0.1, 0.15) is 83.1 Å². The number of alkyl halides is 2. The molecule has 5 aliphatic rings. The van der Waals surface area contributed by atoms with E-state index in [2.05, 4.69) is 18.8 Å². The van der Waals surface area contributed by atoms with E-state index >= 15 is 0 Å². The summed E-state index contributed by atoms with van der Waals surface area (Å²) in [6.07, 6.45) is 6.12. The van der Waals surface area contributed by atoms with Gasteiger partial charge in [-0.1, -0.05) is 30.6 Å². The summed E-state index contributed by atoms with van der Waals surface area (Å²) in [5.74, 6) is 4.00. The monoisotopic (exact) mass is 569 g/mol. The van der Waals surface area contributed by atoms with E-state index in [1.54, 1.807) is 19.1 Å². The quantitative estimate of drug-likeness (QED) is 0.470. The number of benzene rings is 1. The highest BCUT2D eigenvalue weighted by Crippen LogP contribution is 2.66. The lowest BCUT2D eigenvalue weighted by atomic mass is 9.51. The second kappa shape index (κ2) is 9.61. The first-order valence-electron chi connectivity index (χ1n) is 14.5. The molecule has 1 heterocycles. The Morgan fingerprint density at radius 1 is 1.02 bits per heavy atom. The van der Waals surface area contributed by atoms with Gasteiger partial charge in [0.15, 0.2) is 5.78 Å². The van der Waals surface area contributed by atoms with Crippen LogP contribution in [-0.2, 0) is 14.8 Å². The Morgan fingerprint density at radius 3 is 2.40 bits per heavy atom. The zero-order valence-electron chi connectivity index (χ0n) is 23.2. The average Bonchev–Trinajstić information content (AvgIpc) is 3.17. The third-order valence-electron chi connectivity index (χ3n) is 10.6. The van der Waals surface area contributed by atoms with Crippen molar-refractivity contribution >= 4 is 15.8 Å². The molecule has 0 spiro atoms. The number of ketones is 1. The first-order chi connectivity index (χ1) is 18.9. The molecule has 0 amide bonds. The van der Waals surface area contributed by atoms with Crippen LogP contribution < -0.4 is 0 Å². The highest BCUT2D eigenvalue weighted by atomic mass is 32.2. The second-order valence-electron chi connectivity index (χ2n) is 12.6. The highest BCUT2D eigenvalue weighted by Gasteiger charge is 2.62. The number of rotatable bonds is 3. The number of allylic oxidation sites excluding steroid dienone is 4. The molecule has 40 heavy (non-hydrogen) atoms. The number of hydrogen-bond donors (Lipinski definition) is 1. The number of nitrogens with zero attached hydrogens (tertiary/aromatic N) is 1. The smallest absolute Gasteiger partial charge is 0.250 e. The van der Waals surface area contributed by atoms with Gasteiger partial charge in [0, 0.05) is 43.7 Å². The fourth-order valence-corrected chi connectivity index (χ4v) is 9.89. The number of piperidine rings is 1. The normalized spacial score (nSPS) is 35.7. The lowest BCUT2D eigenvalue weighted by molar-refractivity contribution is -0.114. The van der Waals surface area contributed by atoms with Crippen LogP contribution in [0.3, 0.4) is 0 Å². The summed E-state index contributed by atoms with van der Waals surface area (Å²) in [7, 11) is -3.88. The minimum Gasteiger partial charge on any atom is -0.377 e. The van der Waals surface area contributed by atoms with E-state index in [9.17, 15) is 27.1 Å². The summed E-state index contributed by atoms with van der Waals surface area (Å²) in [4.78, 5) is 12.4. The number of carbonyl (C=O) groups excluding carboxylic acids is 1. The molecule has 0 unspecified atom stereocenters. The number of sulfonamides is 1. The molecule has 5 nitrogen and oxygen atoms in total. The van der Waals surface area contributed by atoms with Gasteiger partial charge in [-0.3, -0.25) is 4.79 Å². The Kier molecular flexibility index (Phi) is 6.68. The van der Waals surface area contributed by atoms with Crippen LogP contribution in [0, 0.1) is 29.1 Å². The second-order valence-corrected chi connectivity index (χ2v) is 14.5. The van der Waals surface area contributed by atoms with Crippen molar-refractivity contribution in [2.75, 3.05) is 13.1 Å². The molecule has 1 N–H and O–H groups in total. The number of aliphatic hydroxyl groups is 1. The lowest BCUT2D eigenvalue weighted by Gasteiger charge is -2.53. The van der Waals surface area contributed by atoms with Crippen molar-refractivity contribution in [2.24, 2.45) is 17.3 Å². The Morgan fingerprint density at radius 2 is 1.73 bits per heavy atom. The zero-order valence-corrected chi connectivity index (χ0v) is 24.0. The zero-order chi connectivity index (χ0) is 28.5. The van der Waals surface area contributed by atoms with Crippen LogP contribution in [0.25, 0.3) is 0 Å². The van der Waals surface area contributed by atoms with E-state index in [-0.39, 0.29) is 41.5 Å². The fraction of sp³-hybridized carbons (Fsp3) is 0.594. The van der Waals surface area contributed by atoms with Gasteiger partial charge >= 0.3 is 0 Å². The third-order valence-corrected chi connectivity index (χ3v) is 12.5. The molecule has 214 valence electrons. The van der Waals surface area contributed by atoms with Gasteiger partial charge < -0.3 is 5.11 Å². The largest absolute Gasteiger partial charge is 0.377 e. The molecule has 1 saturated heterocycles. The minimum atomic E-state index is -3.88. The van der Waals surface area contributed by atoms with E-state index < -0.39 is 39.8 Å². The maximum atomic E-state index is 13.7. The number of halogens is 2. The van der Waals surface area contributed by atoms with Crippen molar-refractivity contribution < 1.29 is 27.1 Å². The SMILES string of the molecule is CC#C[C@]1(O)CC[C@H]2[C@@H]3CCC4=CC(=O)CCC4=C3[C@@H](c3ccc(S(=O)(=O)N4CCC(F)(F)CC4)cc3)C[C@@]21C. The predicted octanol–water partition coefficient (Wildman–Crippen LogP) is 5.76. The lowest BCUT2D eigenvalue weighted by Crippen LogP contribution is -2.51. The van der Waals surface area contributed by atoms with E-state index in [0.29, 0.717) is 19.3 Å². The average molecular weight is 570 g/mol. The molecule has 4 aliphatic carbocycles. The first-order valence-corrected chi connectivity index (χ1v) is 15.9. The summed E-state index contributed by atoms with van der Waals surface area (Å²) in [6.45, 7) is 3.55. The topological polar surface area (TPSA) is 74.7 Å². The summed E-state index contributed by atoms with van der Waals surface area (Å²) in [5.41, 5.74) is 3.25. The molecule has 8 heteroatoms. The van der Waals surface area contributed by atoms with Crippen LogP contribution in [0.5, 0.6) is 0 Å². The molecule has 2 saturated carbocycles. The van der Waals surface area contributed by atoms with Crippen LogP contribution in [0.15, 0.2) is 52.0 Å². The summed E-state index contributed by atoms with van der Waals surface area (Å²) in [6, 6.07) is 6.91. The Labute approximate surface area is 235 Å². The minimum absolute atomic E-state index is 0.0353. The fourth-order valence-electron chi connectivity index (χ4n) is 8.45. The summed E-state index contributed by atoms with van der Waals surface area (Å²) in [5, 5.41) is 11.8. The van der Waals surface area contributed by atoms with Crippen molar-refractivity contribution in [3.63, 3.8) is 0 Å². The Bertz CT molecular complexity index is 1460. The highest BCUT2D eigenvalue weighted by molar-refractivity contribution is 7.89. The molecular weight excluding hydrogens is 532 g/mol. The van der Waals surface area contributed by atoms with Crippen molar-refractivity contribution in [1.82, 2.24) is 4.31 Å². The number of carbonyl (C=O) groups is 1. The van der Waals surface area contributed by atoms with Crippen LogP contribution in [-0.4, -0.2) is 48.2 Å². The van der Waals surface area contributed by atoms with Gasteiger partial charge in [-0.2, -0.15) is 4.31 Å². The molecule has 0 aromatic heterocycles. The van der Waals surface area contributed by atoms with Crippen molar-refractivity contribution in [3.05, 3.63) is 52.6 Å². The Hall–Kier alpha value is -2.34. The molecule has 6 rings (SSSR count). The van der Waals surface area contributed by atoms with Gasteiger partial charge in [0.1, 0.15) is 5.60 Å².